The number of aliphatic imine (C=N–C) groups is 1. The fourth-order valence-corrected chi connectivity index (χ4v) is 2.49. The number of aromatic nitrogens is 3. The minimum Gasteiger partial charge on any atom is -0.489 e. The van der Waals surface area contributed by atoms with Crippen LogP contribution in [0.5, 0.6) is 5.75 Å². The standard InChI is InChI=1S/C19H29ClN6O2.HI/c1-14(28-17-8-6-16(20)7-9-17)12-22-19(21-10-5-11-27-4)23-13-18-25-24-15(2)26(18)3;/h6-9,14H,5,10-13H2,1-4H3,(H2,21,22,23);1H. The molecule has 0 saturated carbocycles. The molecule has 1 atom stereocenters. The van der Waals surface area contributed by atoms with E-state index < -0.39 is 0 Å². The van der Waals surface area contributed by atoms with E-state index in [9.17, 15) is 0 Å². The second kappa shape index (κ2) is 13.6. The second-order valence-electron chi connectivity index (χ2n) is 6.42. The Morgan fingerprint density at radius 1 is 1.24 bits per heavy atom. The molecule has 29 heavy (non-hydrogen) atoms. The van der Waals surface area contributed by atoms with Crippen molar-refractivity contribution >= 4 is 41.5 Å². The molecule has 0 aliphatic heterocycles. The van der Waals surface area contributed by atoms with Crippen molar-refractivity contribution in [2.24, 2.45) is 12.0 Å². The van der Waals surface area contributed by atoms with Gasteiger partial charge in [-0.15, -0.1) is 34.2 Å². The lowest BCUT2D eigenvalue weighted by Crippen LogP contribution is -2.42. The van der Waals surface area contributed by atoms with Crippen molar-refractivity contribution in [3.63, 3.8) is 0 Å². The van der Waals surface area contributed by atoms with Gasteiger partial charge in [-0.25, -0.2) is 4.99 Å². The molecule has 0 amide bonds. The predicted octanol–water partition coefficient (Wildman–Crippen LogP) is 2.93. The van der Waals surface area contributed by atoms with Crippen LogP contribution < -0.4 is 15.4 Å². The molecule has 162 valence electrons. The van der Waals surface area contributed by atoms with Crippen LogP contribution in [0.1, 0.15) is 25.0 Å². The summed E-state index contributed by atoms with van der Waals surface area (Å²) in [6.45, 7) is 6.39. The highest BCUT2D eigenvalue weighted by Crippen LogP contribution is 2.16. The number of hydrogen-bond acceptors (Lipinski definition) is 5. The van der Waals surface area contributed by atoms with Gasteiger partial charge < -0.3 is 24.7 Å². The van der Waals surface area contributed by atoms with Gasteiger partial charge in [0.2, 0.25) is 0 Å². The first-order valence-corrected chi connectivity index (χ1v) is 9.65. The van der Waals surface area contributed by atoms with E-state index in [4.69, 9.17) is 21.1 Å². The third kappa shape index (κ3) is 9.18. The quantitative estimate of drug-likeness (QED) is 0.210. The molecule has 1 aromatic carbocycles. The van der Waals surface area contributed by atoms with Gasteiger partial charge in [-0.2, -0.15) is 0 Å². The number of ether oxygens (including phenoxy) is 2. The van der Waals surface area contributed by atoms with Gasteiger partial charge in [0.25, 0.3) is 0 Å². The Kier molecular flexibility index (Phi) is 11.9. The van der Waals surface area contributed by atoms with Gasteiger partial charge >= 0.3 is 0 Å². The Bertz CT molecular complexity index is 754. The van der Waals surface area contributed by atoms with Crippen LogP contribution in [-0.2, 0) is 18.3 Å². The number of nitrogens with zero attached hydrogens (tertiary/aromatic N) is 4. The van der Waals surface area contributed by atoms with E-state index in [1.807, 2.05) is 49.7 Å². The summed E-state index contributed by atoms with van der Waals surface area (Å²) in [6, 6.07) is 7.33. The zero-order chi connectivity index (χ0) is 20.4. The maximum Gasteiger partial charge on any atom is 0.191 e. The van der Waals surface area contributed by atoms with Crippen LogP contribution in [0.25, 0.3) is 0 Å². The van der Waals surface area contributed by atoms with Gasteiger partial charge in [-0.1, -0.05) is 11.6 Å². The SMILES string of the molecule is COCCCNC(=NCc1nnc(C)n1C)NCC(C)Oc1ccc(Cl)cc1.I. The number of nitrogens with one attached hydrogen (secondary N) is 2. The lowest BCUT2D eigenvalue weighted by Gasteiger charge is -2.18. The first-order valence-electron chi connectivity index (χ1n) is 9.27. The van der Waals surface area contributed by atoms with Crippen LogP contribution in [0, 0.1) is 6.92 Å². The van der Waals surface area contributed by atoms with Crippen molar-refractivity contribution in [2.45, 2.75) is 32.9 Å². The summed E-state index contributed by atoms with van der Waals surface area (Å²) in [5.74, 6) is 3.14. The number of benzene rings is 1. The molecule has 10 heteroatoms. The number of methoxy groups -OCH3 is 1. The summed E-state index contributed by atoms with van der Waals surface area (Å²) in [5, 5.41) is 15.5. The molecule has 1 unspecified atom stereocenters. The number of aryl methyl sites for hydroxylation is 1. The molecule has 0 bridgehead atoms. The van der Waals surface area contributed by atoms with Crippen molar-refractivity contribution in [3.05, 3.63) is 40.9 Å². The summed E-state index contributed by atoms with van der Waals surface area (Å²) in [7, 11) is 3.63. The first kappa shape index (κ1) is 25.4. The van der Waals surface area contributed by atoms with E-state index >= 15 is 0 Å². The molecule has 0 aliphatic carbocycles. The molecule has 1 heterocycles. The monoisotopic (exact) mass is 536 g/mol. The molecule has 8 nitrogen and oxygen atoms in total. The summed E-state index contributed by atoms with van der Waals surface area (Å²) in [4.78, 5) is 4.61. The van der Waals surface area contributed by atoms with Crippen LogP contribution >= 0.6 is 35.6 Å². The zero-order valence-corrected chi connectivity index (χ0v) is 20.4. The summed E-state index contributed by atoms with van der Waals surface area (Å²) < 4.78 is 12.9. The zero-order valence-electron chi connectivity index (χ0n) is 17.3. The second-order valence-corrected chi connectivity index (χ2v) is 6.86. The molecule has 0 saturated heterocycles. The first-order chi connectivity index (χ1) is 13.5. The average Bonchev–Trinajstić information content (AvgIpc) is 3.00. The molecule has 0 fully saturated rings. The number of halogens is 2. The minimum atomic E-state index is -0.0516. The van der Waals surface area contributed by atoms with Gasteiger partial charge in [-0.05, 0) is 44.5 Å². The van der Waals surface area contributed by atoms with E-state index in [1.54, 1.807) is 7.11 Å². The molecule has 1 aromatic heterocycles. The Morgan fingerprint density at radius 2 is 1.97 bits per heavy atom. The highest BCUT2D eigenvalue weighted by molar-refractivity contribution is 14.0. The molecular weight excluding hydrogens is 507 g/mol. The van der Waals surface area contributed by atoms with Crippen molar-refractivity contribution in [1.29, 1.82) is 0 Å². The Labute approximate surface area is 194 Å². The molecule has 0 spiro atoms. The average molecular weight is 537 g/mol. The van der Waals surface area contributed by atoms with Crippen LogP contribution in [0.15, 0.2) is 29.3 Å². The van der Waals surface area contributed by atoms with Gasteiger partial charge in [0.05, 0.1) is 6.54 Å². The minimum absolute atomic E-state index is 0. The normalized spacial score (nSPS) is 12.2. The molecule has 0 aliphatic rings. The maximum atomic E-state index is 5.91. The Balaban J connectivity index is 0.00000420. The topological polar surface area (TPSA) is 85.6 Å². The Hall–Kier alpha value is -1.59. The van der Waals surface area contributed by atoms with Crippen LogP contribution in [0.2, 0.25) is 5.02 Å². The van der Waals surface area contributed by atoms with Crippen molar-refractivity contribution in [2.75, 3.05) is 26.8 Å². The highest BCUT2D eigenvalue weighted by Gasteiger charge is 2.08. The van der Waals surface area contributed by atoms with Gasteiger partial charge in [-0.3, -0.25) is 0 Å². The number of guanidine groups is 1. The van der Waals surface area contributed by atoms with E-state index in [2.05, 4.69) is 25.8 Å². The summed E-state index contributed by atoms with van der Waals surface area (Å²) in [6.07, 6.45) is 0.834. The van der Waals surface area contributed by atoms with Gasteiger partial charge in [0, 0.05) is 32.3 Å². The third-order valence-electron chi connectivity index (χ3n) is 4.09. The largest absolute Gasteiger partial charge is 0.489 e. The molecule has 0 radical (unpaired) electrons. The lowest BCUT2D eigenvalue weighted by atomic mass is 10.3. The maximum absolute atomic E-state index is 5.91. The Morgan fingerprint density at radius 3 is 2.59 bits per heavy atom. The number of rotatable bonds is 10. The van der Waals surface area contributed by atoms with Crippen LogP contribution in [-0.4, -0.2) is 53.6 Å². The molecule has 2 aromatic rings. The molecular formula is C19H30ClIN6O2. The van der Waals surface area contributed by atoms with Crippen LogP contribution in [0.4, 0.5) is 0 Å². The van der Waals surface area contributed by atoms with Gasteiger partial charge in [0.15, 0.2) is 11.8 Å². The van der Waals surface area contributed by atoms with E-state index in [-0.39, 0.29) is 30.1 Å². The van der Waals surface area contributed by atoms with Crippen molar-refractivity contribution in [3.8, 4) is 5.75 Å². The predicted molar refractivity (Wildman–Crippen MR) is 126 cm³/mol. The van der Waals surface area contributed by atoms with Crippen molar-refractivity contribution in [1.82, 2.24) is 25.4 Å². The number of hydrogen-bond donors (Lipinski definition) is 2. The fraction of sp³-hybridized carbons (Fsp3) is 0.526. The third-order valence-corrected chi connectivity index (χ3v) is 4.34. The summed E-state index contributed by atoms with van der Waals surface area (Å²) in [5.41, 5.74) is 0. The highest BCUT2D eigenvalue weighted by atomic mass is 127. The van der Waals surface area contributed by atoms with Crippen molar-refractivity contribution < 1.29 is 9.47 Å². The fourth-order valence-electron chi connectivity index (χ4n) is 2.36. The van der Waals surface area contributed by atoms with E-state index in [1.165, 1.54) is 0 Å². The molecule has 2 N–H and O–H groups in total. The summed E-state index contributed by atoms with van der Waals surface area (Å²) >= 11 is 5.91. The van der Waals surface area contributed by atoms with E-state index in [0.29, 0.717) is 30.7 Å². The van der Waals surface area contributed by atoms with Crippen LogP contribution in [0.3, 0.4) is 0 Å². The molecule has 2 rings (SSSR count). The van der Waals surface area contributed by atoms with Gasteiger partial charge in [0.1, 0.15) is 24.2 Å². The lowest BCUT2D eigenvalue weighted by molar-refractivity contribution is 0.195. The smallest absolute Gasteiger partial charge is 0.191 e. The van der Waals surface area contributed by atoms with E-state index in [0.717, 1.165) is 30.4 Å².